The lowest BCUT2D eigenvalue weighted by molar-refractivity contribution is 0.102. The Balaban J connectivity index is 1.45. The van der Waals surface area contributed by atoms with Crippen molar-refractivity contribution in [1.29, 1.82) is 0 Å². The number of carbonyl (C=O) groups excluding carboxylic acids is 1. The number of hydrogen-bond donors (Lipinski definition) is 2. The molecular formula is C19H16N4O2S. The second-order valence-corrected chi connectivity index (χ2v) is 6.79. The fourth-order valence-electron chi connectivity index (χ4n) is 2.55. The minimum Gasteiger partial charge on any atom is -0.487 e. The number of ether oxygens (including phenoxy) is 1. The van der Waals surface area contributed by atoms with E-state index in [0.29, 0.717) is 23.9 Å². The van der Waals surface area contributed by atoms with Crippen LogP contribution in [0.2, 0.25) is 0 Å². The van der Waals surface area contributed by atoms with E-state index in [1.54, 1.807) is 29.5 Å². The van der Waals surface area contributed by atoms with E-state index in [2.05, 4.69) is 20.3 Å². The van der Waals surface area contributed by atoms with Crippen LogP contribution in [0, 0.1) is 6.92 Å². The van der Waals surface area contributed by atoms with Crippen LogP contribution >= 0.6 is 11.3 Å². The Morgan fingerprint density at radius 1 is 1.19 bits per heavy atom. The van der Waals surface area contributed by atoms with Crippen molar-refractivity contribution in [2.45, 2.75) is 13.5 Å². The number of nitrogens with one attached hydrogen (secondary N) is 2. The van der Waals surface area contributed by atoms with Crippen molar-refractivity contribution in [2.24, 2.45) is 0 Å². The molecule has 1 amide bonds. The largest absolute Gasteiger partial charge is 0.487 e. The molecule has 0 aliphatic heterocycles. The molecule has 0 unspecified atom stereocenters. The van der Waals surface area contributed by atoms with Gasteiger partial charge in [0.25, 0.3) is 5.91 Å². The average Bonchev–Trinajstić information content (AvgIpc) is 3.25. The summed E-state index contributed by atoms with van der Waals surface area (Å²) in [5.41, 5.74) is 3.05. The molecule has 0 saturated carbocycles. The molecule has 7 heteroatoms. The molecule has 2 aromatic heterocycles. The van der Waals surface area contributed by atoms with Crippen LogP contribution in [0.5, 0.6) is 5.75 Å². The van der Waals surface area contributed by atoms with Gasteiger partial charge in [-0.15, -0.1) is 11.3 Å². The summed E-state index contributed by atoms with van der Waals surface area (Å²) in [6.07, 6.45) is 0. The maximum atomic E-state index is 12.5. The topological polar surface area (TPSA) is 79.9 Å². The number of rotatable bonds is 5. The van der Waals surface area contributed by atoms with Crippen molar-refractivity contribution in [2.75, 3.05) is 5.32 Å². The van der Waals surface area contributed by atoms with Crippen LogP contribution in [0.1, 0.15) is 21.1 Å². The van der Waals surface area contributed by atoms with Crippen LogP contribution in [-0.2, 0) is 6.61 Å². The average molecular weight is 364 g/mol. The van der Waals surface area contributed by atoms with E-state index >= 15 is 0 Å². The van der Waals surface area contributed by atoms with Crippen molar-refractivity contribution >= 4 is 34.2 Å². The summed E-state index contributed by atoms with van der Waals surface area (Å²) in [5, 5.41) is 5.75. The van der Waals surface area contributed by atoms with Gasteiger partial charge in [0.05, 0.1) is 21.7 Å². The summed E-state index contributed by atoms with van der Waals surface area (Å²) in [6, 6.07) is 14.7. The molecule has 6 nitrogen and oxygen atoms in total. The van der Waals surface area contributed by atoms with Crippen LogP contribution in [-0.4, -0.2) is 20.9 Å². The highest BCUT2D eigenvalue weighted by Crippen LogP contribution is 2.18. The van der Waals surface area contributed by atoms with Crippen LogP contribution in [0.15, 0.2) is 53.9 Å². The van der Waals surface area contributed by atoms with E-state index in [1.807, 2.05) is 42.6 Å². The highest BCUT2D eigenvalue weighted by molar-refractivity contribution is 7.09. The molecule has 4 rings (SSSR count). The normalized spacial score (nSPS) is 10.8. The molecule has 0 radical (unpaired) electrons. The second kappa shape index (κ2) is 6.97. The minimum absolute atomic E-state index is 0.251. The Morgan fingerprint density at radius 3 is 2.88 bits per heavy atom. The molecule has 2 N–H and O–H groups in total. The Kier molecular flexibility index (Phi) is 4.37. The van der Waals surface area contributed by atoms with Gasteiger partial charge in [-0.05, 0) is 37.3 Å². The number of H-pyrrole nitrogens is 1. The van der Waals surface area contributed by atoms with Gasteiger partial charge in [-0.2, -0.15) is 0 Å². The number of nitrogens with zero attached hydrogens (tertiary/aromatic N) is 2. The second-order valence-electron chi connectivity index (χ2n) is 5.73. The van der Waals surface area contributed by atoms with Crippen molar-refractivity contribution < 1.29 is 9.53 Å². The van der Waals surface area contributed by atoms with Crippen LogP contribution < -0.4 is 10.1 Å². The molecule has 2 aromatic carbocycles. The third kappa shape index (κ3) is 3.57. The molecule has 2 heterocycles. The Labute approximate surface area is 153 Å². The van der Waals surface area contributed by atoms with Gasteiger partial charge in [-0.1, -0.05) is 18.2 Å². The van der Waals surface area contributed by atoms with Crippen LogP contribution in [0.4, 0.5) is 5.95 Å². The van der Waals surface area contributed by atoms with E-state index in [-0.39, 0.29) is 5.91 Å². The standard InChI is InChI=1S/C19H16N4O2S/c1-12-20-14(11-26-12)10-25-15-6-4-5-13(9-15)18(24)23-19-21-16-7-2-3-8-17(16)22-19/h2-9,11H,10H2,1H3,(H2,21,22,23,24). The Hall–Kier alpha value is -3.19. The molecule has 0 aliphatic rings. The van der Waals surface area contributed by atoms with Crippen molar-refractivity contribution in [3.05, 3.63) is 70.2 Å². The summed E-state index contributed by atoms with van der Waals surface area (Å²) in [6.45, 7) is 2.33. The Morgan fingerprint density at radius 2 is 2.08 bits per heavy atom. The molecule has 4 aromatic rings. The van der Waals surface area contributed by atoms with E-state index in [9.17, 15) is 4.79 Å². The van der Waals surface area contributed by atoms with Gasteiger partial charge in [-0.25, -0.2) is 9.97 Å². The van der Waals surface area contributed by atoms with E-state index in [1.165, 1.54) is 0 Å². The lowest BCUT2D eigenvalue weighted by Crippen LogP contribution is -2.13. The number of para-hydroxylation sites is 2. The number of thiazole rings is 1. The zero-order chi connectivity index (χ0) is 17.9. The molecule has 0 bridgehead atoms. The minimum atomic E-state index is -0.251. The fraction of sp³-hybridized carbons (Fsp3) is 0.105. The van der Waals surface area contributed by atoms with Crippen LogP contribution in [0.3, 0.4) is 0 Å². The number of hydrogen-bond acceptors (Lipinski definition) is 5. The first-order chi connectivity index (χ1) is 12.7. The number of aromatic amines is 1. The van der Waals surface area contributed by atoms with Gasteiger partial charge in [-0.3, -0.25) is 10.1 Å². The first-order valence-electron chi connectivity index (χ1n) is 8.07. The summed E-state index contributed by atoms with van der Waals surface area (Å²) in [5.74, 6) is 0.785. The molecule has 130 valence electrons. The van der Waals surface area contributed by atoms with Crippen LogP contribution in [0.25, 0.3) is 11.0 Å². The third-order valence-corrected chi connectivity index (χ3v) is 4.59. The number of fused-ring (bicyclic) bond motifs is 1. The van der Waals surface area contributed by atoms with Gasteiger partial charge >= 0.3 is 0 Å². The van der Waals surface area contributed by atoms with E-state index in [4.69, 9.17) is 4.74 Å². The number of anilines is 1. The van der Waals surface area contributed by atoms with Gasteiger partial charge in [0.15, 0.2) is 0 Å². The molecule has 0 saturated heterocycles. The maximum Gasteiger partial charge on any atom is 0.258 e. The molecular weight excluding hydrogens is 348 g/mol. The van der Waals surface area contributed by atoms with Gasteiger partial charge < -0.3 is 9.72 Å². The predicted molar refractivity (Wildman–Crippen MR) is 102 cm³/mol. The number of amides is 1. The molecule has 0 fully saturated rings. The lowest BCUT2D eigenvalue weighted by atomic mass is 10.2. The summed E-state index contributed by atoms with van der Waals surface area (Å²) in [7, 11) is 0. The van der Waals surface area contributed by atoms with Gasteiger partial charge in [0.1, 0.15) is 12.4 Å². The molecule has 0 aliphatic carbocycles. The summed E-state index contributed by atoms with van der Waals surface area (Å²) < 4.78 is 5.74. The zero-order valence-corrected chi connectivity index (χ0v) is 14.8. The van der Waals surface area contributed by atoms with Gasteiger partial charge in [0, 0.05) is 10.9 Å². The zero-order valence-electron chi connectivity index (χ0n) is 14.0. The highest BCUT2D eigenvalue weighted by Gasteiger charge is 2.10. The third-order valence-electron chi connectivity index (χ3n) is 3.77. The molecule has 0 spiro atoms. The number of imidazole rings is 1. The fourth-order valence-corrected chi connectivity index (χ4v) is 3.15. The highest BCUT2D eigenvalue weighted by atomic mass is 32.1. The van der Waals surface area contributed by atoms with Gasteiger partial charge in [0.2, 0.25) is 5.95 Å². The smallest absolute Gasteiger partial charge is 0.258 e. The number of aryl methyl sites for hydroxylation is 1. The lowest BCUT2D eigenvalue weighted by Gasteiger charge is -2.07. The number of benzene rings is 2. The first-order valence-corrected chi connectivity index (χ1v) is 8.95. The van der Waals surface area contributed by atoms with E-state index < -0.39 is 0 Å². The van der Waals surface area contributed by atoms with Crippen molar-refractivity contribution in [3.63, 3.8) is 0 Å². The summed E-state index contributed by atoms with van der Waals surface area (Å²) in [4.78, 5) is 24.3. The van der Waals surface area contributed by atoms with E-state index in [0.717, 1.165) is 21.7 Å². The molecule has 0 atom stereocenters. The quantitative estimate of drug-likeness (QED) is 0.557. The summed E-state index contributed by atoms with van der Waals surface area (Å²) >= 11 is 1.58. The number of aromatic nitrogens is 3. The molecule has 26 heavy (non-hydrogen) atoms. The monoisotopic (exact) mass is 364 g/mol. The van der Waals surface area contributed by atoms with Crippen molar-refractivity contribution in [1.82, 2.24) is 15.0 Å². The SMILES string of the molecule is Cc1nc(COc2cccc(C(=O)Nc3nc4ccccc4[nH]3)c2)cs1. The Bertz CT molecular complexity index is 1040. The maximum absolute atomic E-state index is 12.5. The van der Waals surface area contributed by atoms with Crippen molar-refractivity contribution in [3.8, 4) is 5.75 Å². The predicted octanol–water partition coefficient (Wildman–Crippen LogP) is 4.16. The number of carbonyl (C=O) groups is 1. The first kappa shape index (κ1) is 16.3.